The number of carbonyl (C=O) groups excluding carboxylic acids is 1. The van der Waals surface area contributed by atoms with Gasteiger partial charge in [0.15, 0.2) is 5.82 Å². The van der Waals surface area contributed by atoms with E-state index in [9.17, 15) is 4.79 Å². The zero-order valence-electron chi connectivity index (χ0n) is 21.2. The summed E-state index contributed by atoms with van der Waals surface area (Å²) in [5, 5.41) is 19.4. The van der Waals surface area contributed by atoms with Gasteiger partial charge in [0, 0.05) is 36.7 Å². The Kier molecular flexibility index (Phi) is 6.08. The first-order valence-electron chi connectivity index (χ1n) is 13.0. The lowest BCUT2D eigenvalue weighted by Crippen LogP contribution is -2.44. The fraction of sp³-hybridized carbons (Fsp3) is 0.310. The van der Waals surface area contributed by atoms with Gasteiger partial charge in [0.2, 0.25) is 5.91 Å². The molecule has 2 N–H and O–H groups in total. The maximum Gasteiger partial charge on any atom is 0.224 e. The fourth-order valence-corrected chi connectivity index (χ4v) is 5.53. The standard InChI is InChI=1S/C29H31N7O/c1-19-26-20(2)36(23-10-4-3-5-11-23)34-27(26)28(33-32-19)35-16-8-9-22(18-35)29(37)30-15-14-21-17-31-25-13-7-6-12-24(21)25/h3-7,10-13,17,22,31H,8-9,14-16,18H2,1-2H3,(H,30,37)/t22-/m1/s1. The number of aryl methyl sites for hydroxylation is 2. The van der Waals surface area contributed by atoms with Crippen LogP contribution in [0.25, 0.3) is 27.5 Å². The Labute approximate surface area is 215 Å². The third kappa shape index (κ3) is 4.33. The van der Waals surface area contributed by atoms with E-state index < -0.39 is 0 Å². The molecule has 1 atom stereocenters. The number of benzene rings is 2. The minimum Gasteiger partial charge on any atom is -0.361 e. The molecule has 3 aromatic heterocycles. The van der Waals surface area contributed by atoms with Crippen molar-refractivity contribution in [2.75, 3.05) is 24.5 Å². The number of aromatic nitrogens is 5. The summed E-state index contributed by atoms with van der Waals surface area (Å²) in [6.45, 7) is 6.11. The van der Waals surface area contributed by atoms with Crippen LogP contribution in [0.4, 0.5) is 5.82 Å². The lowest BCUT2D eigenvalue weighted by Gasteiger charge is -2.32. The lowest BCUT2D eigenvalue weighted by atomic mass is 9.97. The van der Waals surface area contributed by atoms with Gasteiger partial charge in [0.1, 0.15) is 5.52 Å². The van der Waals surface area contributed by atoms with Gasteiger partial charge < -0.3 is 15.2 Å². The number of aromatic amines is 1. The Morgan fingerprint density at radius 3 is 2.76 bits per heavy atom. The molecule has 1 saturated heterocycles. The van der Waals surface area contributed by atoms with Gasteiger partial charge in [-0.05, 0) is 56.9 Å². The number of amides is 1. The van der Waals surface area contributed by atoms with E-state index in [1.54, 1.807) is 0 Å². The van der Waals surface area contributed by atoms with Crippen LogP contribution >= 0.6 is 0 Å². The topological polar surface area (TPSA) is 91.7 Å². The molecule has 0 unspecified atom stereocenters. The molecule has 37 heavy (non-hydrogen) atoms. The van der Waals surface area contributed by atoms with Crippen LogP contribution in [0.3, 0.4) is 0 Å². The van der Waals surface area contributed by atoms with Crippen molar-refractivity contribution < 1.29 is 4.79 Å². The molecular weight excluding hydrogens is 462 g/mol. The van der Waals surface area contributed by atoms with Crippen molar-refractivity contribution in [1.29, 1.82) is 0 Å². The number of piperidine rings is 1. The summed E-state index contributed by atoms with van der Waals surface area (Å²) in [6.07, 6.45) is 4.63. The second-order valence-electron chi connectivity index (χ2n) is 9.85. The van der Waals surface area contributed by atoms with E-state index in [4.69, 9.17) is 5.10 Å². The summed E-state index contributed by atoms with van der Waals surface area (Å²) in [5.41, 5.74) is 6.10. The number of nitrogens with zero attached hydrogens (tertiary/aromatic N) is 5. The second-order valence-corrected chi connectivity index (χ2v) is 9.85. The monoisotopic (exact) mass is 493 g/mol. The maximum absolute atomic E-state index is 13.1. The average Bonchev–Trinajstić information content (AvgIpc) is 3.51. The van der Waals surface area contributed by atoms with Gasteiger partial charge in [0.05, 0.1) is 28.4 Å². The fourth-order valence-electron chi connectivity index (χ4n) is 5.53. The van der Waals surface area contributed by atoms with Gasteiger partial charge in [0.25, 0.3) is 0 Å². The Balaban J connectivity index is 1.18. The molecule has 8 nitrogen and oxygen atoms in total. The zero-order valence-corrected chi connectivity index (χ0v) is 21.2. The third-order valence-corrected chi connectivity index (χ3v) is 7.45. The number of anilines is 1. The Hall–Kier alpha value is -4.20. The molecule has 0 bridgehead atoms. The molecule has 0 spiro atoms. The number of fused-ring (bicyclic) bond motifs is 2. The van der Waals surface area contributed by atoms with Gasteiger partial charge in [-0.2, -0.15) is 10.2 Å². The summed E-state index contributed by atoms with van der Waals surface area (Å²) >= 11 is 0. The first-order valence-corrected chi connectivity index (χ1v) is 13.0. The van der Waals surface area contributed by atoms with Gasteiger partial charge in [-0.15, -0.1) is 5.10 Å². The quantitative estimate of drug-likeness (QED) is 0.364. The summed E-state index contributed by atoms with van der Waals surface area (Å²) in [5.74, 6) is 0.772. The number of carbonyl (C=O) groups is 1. The number of H-pyrrole nitrogens is 1. The normalized spacial score (nSPS) is 15.9. The molecule has 188 valence electrons. The predicted octanol–water partition coefficient (Wildman–Crippen LogP) is 4.49. The van der Waals surface area contributed by atoms with Crippen LogP contribution < -0.4 is 10.2 Å². The molecule has 4 heterocycles. The molecule has 0 radical (unpaired) electrons. The van der Waals surface area contributed by atoms with Crippen molar-refractivity contribution in [3.05, 3.63) is 77.7 Å². The highest BCUT2D eigenvalue weighted by atomic mass is 16.1. The number of hydrogen-bond donors (Lipinski definition) is 2. The van der Waals surface area contributed by atoms with E-state index >= 15 is 0 Å². The molecule has 5 aromatic rings. The number of para-hydroxylation sites is 2. The Morgan fingerprint density at radius 1 is 1.08 bits per heavy atom. The molecule has 1 aliphatic heterocycles. The first-order chi connectivity index (χ1) is 18.1. The summed E-state index contributed by atoms with van der Waals surface area (Å²) in [4.78, 5) is 18.6. The number of nitrogens with one attached hydrogen (secondary N) is 2. The van der Waals surface area contributed by atoms with Crippen LogP contribution in [-0.4, -0.2) is 50.5 Å². The molecule has 6 rings (SSSR count). The molecular formula is C29H31N7O. The van der Waals surface area contributed by atoms with Crippen LogP contribution in [0.5, 0.6) is 0 Å². The van der Waals surface area contributed by atoms with E-state index in [0.29, 0.717) is 13.1 Å². The molecule has 1 amide bonds. The Bertz CT molecular complexity index is 1570. The molecule has 1 fully saturated rings. The third-order valence-electron chi connectivity index (χ3n) is 7.45. The maximum atomic E-state index is 13.1. The van der Waals surface area contributed by atoms with Crippen LogP contribution in [0.1, 0.15) is 29.8 Å². The second kappa shape index (κ2) is 9.69. The van der Waals surface area contributed by atoms with E-state index in [0.717, 1.165) is 65.1 Å². The lowest BCUT2D eigenvalue weighted by molar-refractivity contribution is -0.125. The minimum atomic E-state index is -0.0906. The predicted molar refractivity (Wildman–Crippen MR) is 146 cm³/mol. The molecule has 1 aliphatic rings. The number of hydrogen-bond acceptors (Lipinski definition) is 5. The van der Waals surface area contributed by atoms with Crippen molar-refractivity contribution in [2.24, 2.45) is 5.92 Å². The van der Waals surface area contributed by atoms with Crippen LogP contribution in [0.2, 0.25) is 0 Å². The van der Waals surface area contributed by atoms with E-state index in [2.05, 4.69) is 44.5 Å². The molecule has 0 aliphatic carbocycles. The molecule has 0 saturated carbocycles. The highest BCUT2D eigenvalue weighted by Gasteiger charge is 2.29. The van der Waals surface area contributed by atoms with Gasteiger partial charge in [-0.25, -0.2) is 4.68 Å². The summed E-state index contributed by atoms with van der Waals surface area (Å²) < 4.78 is 1.96. The highest BCUT2D eigenvalue weighted by molar-refractivity contribution is 5.92. The SMILES string of the molecule is Cc1nnc(N2CCC[C@@H](C(=O)NCCc3c[nH]c4ccccc34)C2)c2nn(-c3ccccc3)c(C)c12. The summed E-state index contributed by atoms with van der Waals surface area (Å²) in [6, 6.07) is 18.4. The smallest absolute Gasteiger partial charge is 0.224 e. The van der Waals surface area contributed by atoms with Crippen molar-refractivity contribution in [2.45, 2.75) is 33.1 Å². The summed E-state index contributed by atoms with van der Waals surface area (Å²) in [7, 11) is 0. The minimum absolute atomic E-state index is 0.0906. The van der Waals surface area contributed by atoms with E-state index in [1.165, 1.54) is 10.9 Å². The number of rotatable bonds is 6. The van der Waals surface area contributed by atoms with Crippen molar-refractivity contribution in [3.8, 4) is 5.69 Å². The van der Waals surface area contributed by atoms with Crippen molar-refractivity contribution in [3.63, 3.8) is 0 Å². The van der Waals surface area contributed by atoms with E-state index in [1.807, 2.05) is 60.3 Å². The van der Waals surface area contributed by atoms with Gasteiger partial charge in [-0.1, -0.05) is 36.4 Å². The Morgan fingerprint density at radius 2 is 1.89 bits per heavy atom. The van der Waals surface area contributed by atoms with Crippen LogP contribution in [0, 0.1) is 19.8 Å². The van der Waals surface area contributed by atoms with Gasteiger partial charge in [-0.3, -0.25) is 4.79 Å². The van der Waals surface area contributed by atoms with E-state index in [-0.39, 0.29) is 11.8 Å². The molecule has 2 aromatic carbocycles. The van der Waals surface area contributed by atoms with Crippen LogP contribution in [0.15, 0.2) is 60.8 Å². The van der Waals surface area contributed by atoms with Crippen molar-refractivity contribution >= 4 is 33.5 Å². The largest absolute Gasteiger partial charge is 0.361 e. The van der Waals surface area contributed by atoms with Crippen LogP contribution in [-0.2, 0) is 11.2 Å². The molecule has 8 heteroatoms. The van der Waals surface area contributed by atoms with Gasteiger partial charge >= 0.3 is 0 Å². The highest BCUT2D eigenvalue weighted by Crippen LogP contribution is 2.31. The zero-order chi connectivity index (χ0) is 25.4. The first kappa shape index (κ1) is 23.2. The van der Waals surface area contributed by atoms with Crippen molar-refractivity contribution in [1.82, 2.24) is 30.3 Å². The average molecular weight is 494 g/mol.